The van der Waals surface area contributed by atoms with Gasteiger partial charge in [0.05, 0.1) is 10.2 Å². The summed E-state index contributed by atoms with van der Waals surface area (Å²) < 4.78 is 1.99. The van der Waals surface area contributed by atoms with Crippen LogP contribution in [0.15, 0.2) is 41.8 Å². The van der Waals surface area contributed by atoms with Crippen LogP contribution in [0.2, 0.25) is 0 Å². The van der Waals surface area contributed by atoms with Gasteiger partial charge in [0.15, 0.2) is 5.16 Å². The van der Waals surface area contributed by atoms with Crippen LogP contribution < -0.4 is 5.32 Å². The molecule has 23 heavy (non-hydrogen) atoms. The molecule has 0 aliphatic carbocycles. The monoisotopic (exact) mass is 334 g/mol. The third kappa shape index (κ3) is 4.32. The molecular formula is C15H18N4O3S. The molecule has 1 atom stereocenters. The average Bonchev–Trinajstić information content (AvgIpc) is 2.95. The van der Waals surface area contributed by atoms with Crippen molar-refractivity contribution in [2.45, 2.75) is 37.2 Å². The number of thioether (sulfide) groups is 1. The number of nitro groups is 1. The minimum atomic E-state index is -0.493. The summed E-state index contributed by atoms with van der Waals surface area (Å²) in [6, 6.07) is 6.14. The van der Waals surface area contributed by atoms with E-state index in [0.717, 1.165) is 5.16 Å². The molecule has 0 saturated heterocycles. The Bertz CT molecular complexity index is 714. The fraction of sp³-hybridized carbons (Fsp3) is 0.333. The smallest absolute Gasteiger partial charge is 0.271 e. The molecule has 0 unspecified atom stereocenters. The van der Waals surface area contributed by atoms with Crippen molar-refractivity contribution in [1.29, 1.82) is 0 Å². The first-order valence-electron chi connectivity index (χ1n) is 7.13. The molecule has 0 spiro atoms. The van der Waals surface area contributed by atoms with E-state index >= 15 is 0 Å². The van der Waals surface area contributed by atoms with Crippen molar-refractivity contribution in [3.05, 3.63) is 46.8 Å². The number of hydrogen-bond donors (Lipinski definition) is 1. The van der Waals surface area contributed by atoms with E-state index in [4.69, 9.17) is 0 Å². The minimum Gasteiger partial charge on any atom is -0.325 e. The number of anilines is 1. The molecule has 0 radical (unpaired) electrons. The summed E-state index contributed by atoms with van der Waals surface area (Å²) in [6.07, 6.45) is 3.58. The number of nitrogens with one attached hydrogen (secondary N) is 1. The molecular weight excluding hydrogens is 316 g/mol. The Balaban J connectivity index is 2.04. The molecule has 0 fully saturated rings. The summed E-state index contributed by atoms with van der Waals surface area (Å²) in [4.78, 5) is 26.8. The van der Waals surface area contributed by atoms with Crippen LogP contribution >= 0.6 is 11.8 Å². The van der Waals surface area contributed by atoms with Gasteiger partial charge in [-0.15, -0.1) is 0 Å². The Morgan fingerprint density at radius 1 is 1.39 bits per heavy atom. The first-order valence-corrected chi connectivity index (χ1v) is 8.01. The second-order valence-corrected chi connectivity index (χ2v) is 6.58. The fourth-order valence-electron chi connectivity index (χ4n) is 1.94. The number of carbonyl (C=O) groups excluding carboxylic acids is 1. The van der Waals surface area contributed by atoms with Gasteiger partial charge in [0.2, 0.25) is 5.91 Å². The van der Waals surface area contributed by atoms with Crippen molar-refractivity contribution >= 4 is 29.0 Å². The lowest BCUT2D eigenvalue weighted by Crippen LogP contribution is -2.23. The number of hydrogen-bond acceptors (Lipinski definition) is 5. The maximum atomic E-state index is 12.3. The summed E-state index contributed by atoms with van der Waals surface area (Å²) in [7, 11) is 0. The predicted molar refractivity (Wildman–Crippen MR) is 89.7 cm³/mol. The van der Waals surface area contributed by atoms with E-state index in [-0.39, 0.29) is 22.9 Å². The molecule has 1 aromatic heterocycles. The molecule has 1 aromatic carbocycles. The molecule has 122 valence electrons. The van der Waals surface area contributed by atoms with E-state index in [9.17, 15) is 14.9 Å². The van der Waals surface area contributed by atoms with Crippen molar-refractivity contribution in [3.8, 4) is 0 Å². The summed E-state index contributed by atoms with van der Waals surface area (Å²) in [5.74, 6) is -0.228. The summed E-state index contributed by atoms with van der Waals surface area (Å²) in [6.45, 7) is 5.86. The number of aromatic nitrogens is 2. The minimum absolute atomic E-state index is 0.0570. The topological polar surface area (TPSA) is 90.1 Å². The molecule has 0 aliphatic heterocycles. The highest BCUT2D eigenvalue weighted by Gasteiger charge is 2.18. The van der Waals surface area contributed by atoms with Gasteiger partial charge in [0.25, 0.3) is 5.69 Å². The summed E-state index contributed by atoms with van der Waals surface area (Å²) in [5, 5.41) is 13.8. The summed E-state index contributed by atoms with van der Waals surface area (Å²) >= 11 is 1.35. The third-order valence-electron chi connectivity index (χ3n) is 3.17. The van der Waals surface area contributed by atoms with E-state index in [0.29, 0.717) is 5.69 Å². The van der Waals surface area contributed by atoms with Crippen molar-refractivity contribution in [3.63, 3.8) is 0 Å². The molecule has 1 amide bonds. The Kier molecular flexibility index (Phi) is 5.38. The zero-order valence-electron chi connectivity index (χ0n) is 13.1. The van der Waals surface area contributed by atoms with Crippen LogP contribution in [0.25, 0.3) is 0 Å². The molecule has 0 saturated carbocycles. The molecule has 2 rings (SSSR count). The van der Waals surface area contributed by atoms with Crippen LogP contribution in [0, 0.1) is 10.1 Å². The van der Waals surface area contributed by atoms with Crippen LogP contribution in [0.4, 0.5) is 11.4 Å². The van der Waals surface area contributed by atoms with E-state index in [1.54, 1.807) is 19.2 Å². The van der Waals surface area contributed by atoms with Gasteiger partial charge in [-0.3, -0.25) is 14.9 Å². The lowest BCUT2D eigenvalue weighted by atomic mass is 10.2. The van der Waals surface area contributed by atoms with Gasteiger partial charge < -0.3 is 9.88 Å². The SMILES string of the molecule is CC(C)n1ccnc1S[C@H](C)C(=O)Nc1cccc([N+](=O)[O-])c1. The summed E-state index contributed by atoms with van der Waals surface area (Å²) in [5.41, 5.74) is 0.349. The molecule has 7 nitrogen and oxygen atoms in total. The normalized spacial score (nSPS) is 12.2. The molecule has 1 N–H and O–H groups in total. The Morgan fingerprint density at radius 2 is 2.13 bits per heavy atom. The van der Waals surface area contributed by atoms with E-state index in [1.165, 1.54) is 30.0 Å². The van der Waals surface area contributed by atoms with Gasteiger partial charge >= 0.3 is 0 Å². The maximum absolute atomic E-state index is 12.3. The number of amides is 1. The lowest BCUT2D eigenvalue weighted by Gasteiger charge is -2.14. The van der Waals surface area contributed by atoms with Gasteiger partial charge in [0, 0.05) is 36.3 Å². The Labute approximate surface area is 138 Å². The highest BCUT2D eigenvalue weighted by Crippen LogP contribution is 2.25. The van der Waals surface area contributed by atoms with Crippen molar-refractivity contribution in [2.24, 2.45) is 0 Å². The molecule has 8 heteroatoms. The standard InChI is InChI=1S/C15H18N4O3S/c1-10(2)18-8-7-16-15(18)23-11(3)14(20)17-12-5-4-6-13(9-12)19(21)22/h4-11H,1-3H3,(H,17,20)/t11-/m1/s1. The zero-order valence-corrected chi connectivity index (χ0v) is 13.9. The number of non-ortho nitro benzene ring substituents is 1. The van der Waals surface area contributed by atoms with Crippen LogP contribution in [0.5, 0.6) is 0 Å². The van der Waals surface area contributed by atoms with Gasteiger partial charge in [-0.1, -0.05) is 17.8 Å². The molecule has 2 aromatic rings. The number of carbonyl (C=O) groups is 1. The van der Waals surface area contributed by atoms with Gasteiger partial charge in [-0.2, -0.15) is 0 Å². The quantitative estimate of drug-likeness (QED) is 0.496. The molecule has 0 bridgehead atoms. The largest absolute Gasteiger partial charge is 0.325 e. The second-order valence-electron chi connectivity index (χ2n) is 5.27. The highest BCUT2D eigenvalue weighted by molar-refractivity contribution is 8.00. The number of nitro benzene ring substituents is 1. The lowest BCUT2D eigenvalue weighted by molar-refractivity contribution is -0.384. The number of nitrogens with zero attached hydrogens (tertiary/aromatic N) is 3. The second kappa shape index (κ2) is 7.28. The van der Waals surface area contributed by atoms with Crippen molar-refractivity contribution in [2.75, 3.05) is 5.32 Å². The van der Waals surface area contributed by atoms with E-state index < -0.39 is 4.92 Å². The van der Waals surface area contributed by atoms with Gasteiger partial charge in [0.1, 0.15) is 0 Å². The van der Waals surface area contributed by atoms with Crippen molar-refractivity contribution in [1.82, 2.24) is 9.55 Å². The zero-order chi connectivity index (χ0) is 17.0. The maximum Gasteiger partial charge on any atom is 0.271 e. The first kappa shape index (κ1) is 17.0. The third-order valence-corrected chi connectivity index (χ3v) is 4.26. The molecule has 0 aliphatic rings. The van der Waals surface area contributed by atoms with E-state index in [2.05, 4.69) is 10.3 Å². The average molecular weight is 334 g/mol. The van der Waals surface area contributed by atoms with Crippen LogP contribution in [-0.2, 0) is 4.79 Å². The number of benzene rings is 1. The molecule has 1 heterocycles. The predicted octanol–water partition coefficient (Wildman–Crippen LogP) is 3.49. The first-order chi connectivity index (χ1) is 10.9. The highest BCUT2D eigenvalue weighted by atomic mass is 32.2. The number of imidazole rings is 1. The fourth-order valence-corrected chi connectivity index (χ4v) is 2.93. The van der Waals surface area contributed by atoms with Crippen LogP contribution in [0.3, 0.4) is 0 Å². The van der Waals surface area contributed by atoms with Crippen LogP contribution in [-0.4, -0.2) is 25.6 Å². The van der Waals surface area contributed by atoms with Gasteiger partial charge in [-0.25, -0.2) is 4.98 Å². The van der Waals surface area contributed by atoms with E-state index in [1.807, 2.05) is 24.6 Å². The Hall–Kier alpha value is -2.35. The Morgan fingerprint density at radius 3 is 2.78 bits per heavy atom. The van der Waals surface area contributed by atoms with Crippen LogP contribution in [0.1, 0.15) is 26.8 Å². The van der Waals surface area contributed by atoms with Gasteiger partial charge in [-0.05, 0) is 26.8 Å². The van der Waals surface area contributed by atoms with Crippen molar-refractivity contribution < 1.29 is 9.72 Å². The number of rotatable bonds is 6.